The molecular formula is C22H33BFNO5. The number of hydrogen-bond donors (Lipinski definition) is 0. The summed E-state index contributed by atoms with van der Waals surface area (Å²) in [6.07, 6.45) is 1.01. The summed E-state index contributed by atoms with van der Waals surface area (Å²) < 4.78 is 38.0. The Kier molecular flexibility index (Phi) is 6.13. The van der Waals surface area contributed by atoms with E-state index in [1.807, 2.05) is 48.5 Å². The molecule has 0 radical (unpaired) electrons. The molecule has 2 fully saturated rings. The van der Waals surface area contributed by atoms with Crippen molar-refractivity contribution in [3.8, 4) is 5.75 Å². The van der Waals surface area contributed by atoms with Crippen LogP contribution >= 0.6 is 0 Å². The number of halogens is 1. The molecule has 8 heteroatoms. The van der Waals surface area contributed by atoms with E-state index in [1.54, 1.807) is 17.0 Å². The fourth-order valence-electron chi connectivity index (χ4n) is 3.42. The lowest BCUT2D eigenvalue weighted by Gasteiger charge is -2.33. The van der Waals surface area contributed by atoms with Gasteiger partial charge in [0.1, 0.15) is 23.3 Å². The second-order valence-electron chi connectivity index (χ2n) is 10.1. The van der Waals surface area contributed by atoms with Crippen molar-refractivity contribution < 1.29 is 28.0 Å². The minimum atomic E-state index is -0.785. The second-order valence-corrected chi connectivity index (χ2v) is 10.1. The molecule has 1 amide bonds. The van der Waals surface area contributed by atoms with Gasteiger partial charge in [0, 0.05) is 31.4 Å². The first-order valence-electron chi connectivity index (χ1n) is 10.6. The summed E-state index contributed by atoms with van der Waals surface area (Å²) in [6.45, 7) is 14.4. The van der Waals surface area contributed by atoms with E-state index in [0.717, 1.165) is 0 Å². The third-order valence-electron chi connectivity index (χ3n) is 5.87. The molecule has 0 bridgehead atoms. The molecule has 6 nitrogen and oxygen atoms in total. The van der Waals surface area contributed by atoms with E-state index in [4.69, 9.17) is 18.8 Å². The maximum Gasteiger partial charge on any atom is 0.497 e. The van der Waals surface area contributed by atoms with E-state index in [0.29, 0.717) is 37.1 Å². The number of likely N-dealkylation sites (tertiary alicyclic amines) is 1. The Hall–Kier alpha value is -1.80. The number of piperidine rings is 1. The lowest BCUT2D eigenvalue weighted by atomic mass is 9.78. The maximum absolute atomic E-state index is 14.5. The standard InChI is InChI=1S/C22H33BFNO5/c1-20(2,3)28-19(26)25-12-10-15(11-13-25)27-16-8-9-18(24)17(14-16)23-29-21(4,5)22(6,7)30-23/h8-9,14-15H,10-13H2,1-7H3. The largest absolute Gasteiger partial charge is 0.497 e. The molecule has 0 atom stereocenters. The van der Waals surface area contributed by atoms with Gasteiger partial charge in [-0.2, -0.15) is 0 Å². The molecule has 0 saturated carbocycles. The number of nitrogens with zero attached hydrogens (tertiary/aromatic N) is 1. The van der Waals surface area contributed by atoms with Gasteiger partial charge in [-0.05, 0) is 66.7 Å². The molecule has 0 unspecified atom stereocenters. The Balaban J connectivity index is 1.61. The van der Waals surface area contributed by atoms with E-state index >= 15 is 0 Å². The van der Waals surface area contributed by atoms with Crippen LogP contribution in [0.15, 0.2) is 18.2 Å². The van der Waals surface area contributed by atoms with Gasteiger partial charge in [0.05, 0.1) is 11.2 Å². The first kappa shape index (κ1) is 22.9. The summed E-state index contributed by atoms with van der Waals surface area (Å²) in [4.78, 5) is 13.9. The first-order valence-corrected chi connectivity index (χ1v) is 10.6. The lowest BCUT2D eigenvalue weighted by Crippen LogP contribution is -2.44. The van der Waals surface area contributed by atoms with Crippen LogP contribution in [-0.2, 0) is 14.0 Å². The zero-order valence-corrected chi connectivity index (χ0v) is 19.1. The average Bonchev–Trinajstić information content (AvgIpc) is 2.83. The monoisotopic (exact) mass is 421 g/mol. The van der Waals surface area contributed by atoms with E-state index in [9.17, 15) is 9.18 Å². The molecule has 2 heterocycles. The van der Waals surface area contributed by atoms with Crippen LogP contribution in [-0.4, -0.2) is 54.1 Å². The molecule has 1 aromatic carbocycles. The van der Waals surface area contributed by atoms with Crippen LogP contribution in [0.2, 0.25) is 0 Å². The average molecular weight is 421 g/mol. The maximum atomic E-state index is 14.5. The molecule has 0 aromatic heterocycles. The van der Waals surface area contributed by atoms with Gasteiger partial charge < -0.3 is 23.7 Å². The van der Waals surface area contributed by atoms with Crippen LogP contribution in [0.4, 0.5) is 9.18 Å². The minimum absolute atomic E-state index is 0.0553. The van der Waals surface area contributed by atoms with E-state index < -0.39 is 23.9 Å². The third-order valence-corrected chi connectivity index (χ3v) is 5.87. The second kappa shape index (κ2) is 8.04. The molecule has 0 spiro atoms. The van der Waals surface area contributed by atoms with Gasteiger partial charge in [-0.15, -0.1) is 0 Å². The summed E-state index contributed by atoms with van der Waals surface area (Å²) in [5.74, 6) is 0.178. The quantitative estimate of drug-likeness (QED) is 0.693. The Bertz CT molecular complexity index is 768. The lowest BCUT2D eigenvalue weighted by molar-refractivity contribution is 0.00578. The molecule has 2 saturated heterocycles. The predicted molar refractivity (Wildman–Crippen MR) is 114 cm³/mol. The van der Waals surface area contributed by atoms with Gasteiger partial charge in [-0.25, -0.2) is 9.18 Å². The van der Waals surface area contributed by atoms with Gasteiger partial charge in [-0.3, -0.25) is 0 Å². The Morgan fingerprint density at radius 2 is 1.70 bits per heavy atom. The molecule has 2 aliphatic rings. The van der Waals surface area contributed by atoms with Gasteiger partial charge in [0.15, 0.2) is 0 Å². The van der Waals surface area contributed by atoms with Crippen LogP contribution in [0.3, 0.4) is 0 Å². The Morgan fingerprint density at radius 3 is 2.23 bits per heavy atom. The van der Waals surface area contributed by atoms with Gasteiger partial charge in [0.2, 0.25) is 0 Å². The summed E-state index contributed by atoms with van der Waals surface area (Å²) in [5, 5.41) is 0. The highest BCUT2D eigenvalue weighted by molar-refractivity contribution is 6.62. The van der Waals surface area contributed by atoms with Crippen LogP contribution in [0.5, 0.6) is 5.75 Å². The highest BCUT2D eigenvalue weighted by atomic mass is 19.1. The van der Waals surface area contributed by atoms with Crippen molar-refractivity contribution in [2.45, 2.75) is 84.2 Å². The van der Waals surface area contributed by atoms with Crippen LogP contribution in [0, 0.1) is 5.82 Å². The number of carbonyl (C=O) groups excluding carboxylic acids is 1. The first-order chi connectivity index (χ1) is 13.8. The highest BCUT2D eigenvalue weighted by Crippen LogP contribution is 2.37. The van der Waals surface area contributed by atoms with Crippen molar-refractivity contribution in [2.75, 3.05) is 13.1 Å². The highest BCUT2D eigenvalue weighted by Gasteiger charge is 2.52. The molecule has 30 heavy (non-hydrogen) atoms. The number of hydrogen-bond acceptors (Lipinski definition) is 5. The Morgan fingerprint density at radius 1 is 1.13 bits per heavy atom. The van der Waals surface area contributed by atoms with Crippen molar-refractivity contribution in [3.05, 3.63) is 24.0 Å². The summed E-state index contributed by atoms with van der Waals surface area (Å²) in [6, 6.07) is 4.65. The number of amides is 1. The molecule has 0 aliphatic carbocycles. The SMILES string of the molecule is CC(C)(C)OC(=O)N1CCC(Oc2ccc(F)c(B3OC(C)(C)C(C)(C)O3)c2)CC1. The topological polar surface area (TPSA) is 57.2 Å². The van der Waals surface area contributed by atoms with E-state index in [2.05, 4.69) is 0 Å². The number of rotatable bonds is 3. The van der Waals surface area contributed by atoms with Crippen molar-refractivity contribution in [2.24, 2.45) is 0 Å². The van der Waals surface area contributed by atoms with E-state index in [-0.39, 0.29) is 18.0 Å². The van der Waals surface area contributed by atoms with Crippen LogP contribution in [0.25, 0.3) is 0 Å². The van der Waals surface area contributed by atoms with Crippen molar-refractivity contribution in [1.29, 1.82) is 0 Å². The molecular weight excluding hydrogens is 388 g/mol. The van der Waals surface area contributed by atoms with Gasteiger partial charge in [0.25, 0.3) is 0 Å². The molecule has 0 N–H and O–H groups in total. The van der Waals surface area contributed by atoms with Crippen LogP contribution < -0.4 is 10.2 Å². The Labute approximate surface area is 179 Å². The van der Waals surface area contributed by atoms with Crippen molar-refractivity contribution in [1.82, 2.24) is 4.90 Å². The normalized spacial score (nSPS) is 21.6. The zero-order chi connectivity index (χ0) is 22.3. The molecule has 1 aromatic rings. The minimum Gasteiger partial charge on any atom is -0.490 e. The summed E-state index contributed by atoms with van der Waals surface area (Å²) in [5.41, 5.74) is -1.27. The molecule has 2 aliphatic heterocycles. The number of carbonyl (C=O) groups is 1. The smallest absolute Gasteiger partial charge is 0.490 e. The summed E-state index contributed by atoms with van der Waals surface area (Å²) >= 11 is 0. The fraction of sp³-hybridized carbons (Fsp3) is 0.682. The van der Waals surface area contributed by atoms with Crippen LogP contribution in [0.1, 0.15) is 61.3 Å². The predicted octanol–water partition coefficient (Wildman–Crippen LogP) is 3.90. The summed E-state index contributed by atoms with van der Waals surface area (Å²) in [7, 11) is -0.785. The van der Waals surface area contributed by atoms with Crippen molar-refractivity contribution >= 4 is 18.7 Å². The zero-order valence-electron chi connectivity index (χ0n) is 19.1. The third kappa shape index (κ3) is 5.09. The number of ether oxygens (including phenoxy) is 2. The molecule has 3 rings (SSSR count). The van der Waals surface area contributed by atoms with Gasteiger partial charge in [-0.1, -0.05) is 0 Å². The fourth-order valence-corrected chi connectivity index (χ4v) is 3.42. The van der Waals surface area contributed by atoms with Crippen molar-refractivity contribution in [3.63, 3.8) is 0 Å². The van der Waals surface area contributed by atoms with E-state index in [1.165, 1.54) is 6.07 Å². The number of benzene rings is 1. The van der Waals surface area contributed by atoms with Gasteiger partial charge >= 0.3 is 13.2 Å². The molecule has 166 valence electrons.